The molecule has 0 spiro atoms. The van der Waals surface area contributed by atoms with Crippen LogP contribution in [0.25, 0.3) is 0 Å². The number of esters is 2. The molecule has 3 aromatic carbocycles. The molecule has 0 saturated heterocycles. The minimum Gasteiger partial charge on any atom is -0.419 e. The van der Waals surface area contributed by atoms with Gasteiger partial charge in [-0.3, -0.25) is 4.18 Å². The van der Waals surface area contributed by atoms with Gasteiger partial charge in [0.05, 0.1) is 17.4 Å². The highest BCUT2D eigenvalue weighted by molar-refractivity contribution is 7.86. The molecule has 0 amide bonds. The molecule has 8 nitrogen and oxygen atoms in total. The monoisotopic (exact) mass is 525 g/mol. The van der Waals surface area contributed by atoms with Gasteiger partial charge in [-0.2, -0.15) is 8.42 Å². The second kappa shape index (κ2) is 11.7. The van der Waals surface area contributed by atoms with Crippen molar-refractivity contribution in [2.45, 2.75) is 39.3 Å². The Balaban J connectivity index is 1.98. The second-order valence-corrected chi connectivity index (χ2v) is 11.2. The Labute approximate surface area is 217 Å². The highest BCUT2D eigenvalue weighted by Crippen LogP contribution is 2.33. The summed E-state index contributed by atoms with van der Waals surface area (Å²) >= 11 is 0. The van der Waals surface area contributed by atoms with E-state index in [2.05, 4.69) is 5.32 Å². The summed E-state index contributed by atoms with van der Waals surface area (Å²) in [6.07, 6.45) is 0.0378. The van der Waals surface area contributed by atoms with Crippen LogP contribution in [-0.4, -0.2) is 38.7 Å². The number of carbonyl (C=O) groups is 2. The van der Waals surface area contributed by atoms with Crippen molar-refractivity contribution in [1.82, 2.24) is 5.32 Å². The third-order valence-corrected chi connectivity index (χ3v) is 5.73. The summed E-state index contributed by atoms with van der Waals surface area (Å²) < 4.78 is 40.5. The lowest BCUT2D eigenvalue weighted by Gasteiger charge is -2.25. The maximum Gasteiger partial charge on any atom is 0.343 e. The first-order valence-corrected chi connectivity index (χ1v) is 13.5. The molecule has 196 valence electrons. The zero-order valence-electron chi connectivity index (χ0n) is 21.5. The van der Waals surface area contributed by atoms with Gasteiger partial charge in [0.15, 0.2) is 11.5 Å². The number of nitrogens with one attached hydrogen (secondary N) is 1. The average Bonchev–Trinajstić information content (AvgIpc) is 2.82. The maximum atomic E-state index is 12.8. The molecular formula is C28H31NO7S. The normalized spacial score (nSPS) is 12.6. The van der Waals surface area contributed by atoms with Gasteiger partial charge < -0.3 is 14.8 Å². The Morgan fingerprint density at radius 3 is 1.97 bits per heavy atom. The molecule has 0 aliphatic rings. The number of rotatable bonds is 9. The summed E-state index contributed by atoms with van der Waals surface area (Å²) in [5.41, 5.74) is 1.70. The lowest BCUT2D eigenvalue weighted by atomic mass is 10.1. The van der Waals surface area contributed by atoms with Crippen LogP contribution in [0.2, 0.25) is 0 Å². The Morgan fingerprint density at radius 1 is 0.838 bits per heavy atom. The lowest BCUT2D eigenvalue weighted by molar-refractivity contribution is 0.0681. The van der Waals surface area contributed by atoms with E-state index in [1.165, 1.54) is 12.1 Å². The minimum atomic E-state index is -3.82. The largest absolute Gasteiger partial charge is 0.419 e. The number of hydrogen-bond acceptors (Lipinski definition) is 8. The van der Waals surface area contributed by atoms with Gasteiger partial charge in [-0.15, -0.1) is 0 Å². The number of ether oxygens (including phenoxy) is 2. The summed E-state index contributed by atoms with van der Waals surface area (Å²) in [7, 11) is -3.82. The number of aryl methyl sites for hydroxylation is 1. The van der Waals surface area contributed by atoms with Crippen LogP contribution < -0.4 is 14.8 Å². The van der Waals surface area contributed by atoms with Crippen LogP contribution >= 0.6 is 0 Å². The molecule has 0 aliphatic carbocycles. The molecule has 37 heavy (non-hydrogen) atoms. The first-order chi connectivity index (χ1) is 17.3. The molecule has 1 unspecified atom stereocenters. The van der Waals surface area contributed by atoms with Crippen molar-refractivity contribution in [3.05, 3.63) is 95.1 Å². The Hall–Kier alpha value is -3.53. The van der Waals surface area contributed by atoms with Crippen LogP contribution in [0.3, 0.4) is 0 Å². The molecule has 9 heteroatoms. The summed E-state index contributed by atoms with van der Waals surface area (Å²) in [5.74, 6) is -1.35. The van der Waals surface area contributed by atoms with E-state index in [1.54, 1.807) is 60.7 Å². The van der Waals surface area contributed by atoms with E-state index in [-0.39, 0.29) is 23.6 Å². The standard InChI is InChI=1S/C28H31NO7S/c1-19-11-13-21(14-12-19)27(31)34-23-16-15-22(25(36-37(5,32)33)18-29-28(2,3)4)17-24(23)35-26(30)20-9-7-6-8-10-20/h6-17,25,29H,18H2,1-5H3. The summed E-state index contributed by atoms with van der Waals surface area (Å²) in [5, 5.41) is 3.22. The fraction of sp³-hybridized carbons (Fsp3) is 0.286. The van der Waals surface area contributed by atoms with E-state index < -0.39 is 28.2 Å². The first kappa shape index (κ1) is 28.0. The predicted molar refractivity (Wildman–Crippen MR) is 140 cm³/mol. The van der Waals surface area contributed by atoms with Crippen LogP contribution in [0.4, 0.5) is 0 Å². The number of hydrogen-bond donors (Lipinski definition) is 1. The van der Waals surface area contributed by atoms with Crippen molar-refractivity contribution in [2.75, 3.05) is 12.8 Å². The van der Waals surface area contributed by atoms with E-state index in [1.807, 2.05) is 27.7 Å². The first-order valence-electron chi connectivity index (χ1n) is 11.6. The molecule has 0 aliphatic heterocycles. The Bertz CT molecular complexity index is 1350. The smallest absolute Gasteiger partial charge is 0.343 e. The van der Waals surface area contributed by atoms with Crippen LogP contribution in [0.15, 0.2) is 72.8 Å². The highest BCUT2D eigenvalue weighted by Gasteiger charge is 2.24. The zero-order chi connectivity index (χ0) is 27.2. The van der Waals surface area contributed by atoms with Crippen molar-refractivity contribution < 1.29 is 31.7 Å². The van der Waals surface area contributed by atoms with E-state index in [9.17, 15) is 18.0 Å². The van der Waals surface area contributed by atoms with Crippen molar-refractivity contribution in [2.24, 2.45) is 0 Å². The SMILES string of the molecule is Cc1ccc(C(=O)Oc2ccc(C(CNC(C)(C)C)OS(C)(=O)=O)cc2OC(=O)c2ccccc2)cc1. The molecule has 0 bridgehead atoms. The maximum absolute atomic E-state index is 12.8. The molecule has 0 fully saturated rings. The topological polar surface area (TPSA) is 108 Å². The Morgan fingerprint density at radius 2 is 1.41 bits per heavy atom. The quantitative estimate of drug-likeness (QED) is 0.240. The molecule has 0 aromatic heterocycles. The van der Waals surface area contributed by atoms with Crippen LogP contribution in [0.5, 0.6) is 11.5 Å². The van der Waals surface area contributed by atoms with Crippen LogP contribution in [0, 0.1) is 6.92 Å². The fourth-order valence-corrected chi connectivity index (χ4v) is 3.89. The minimum absolute atomic E-state index is 0.000456. The van der Waals surface area contributed by atoms with Gasteiger partial charge in [-0.05, 0) is 69.7 Å². The molecule has 3 aromatic rings. The van der Waals surface area contributed by atoms with Crippen LogP contribution in [-0.2, 0) is 14.3 Å². The third-order valence-electron chi connectivity index (χ3n) is 5.15. The fourth-order valence-electron chi connectivity index (χ4n) is 3.29. The summed E-state index contributed by atoms with van der Waals surface area (Å²) in [6.45, 7) is 7.87. The van der Waals surface area contributed by atoms with Gasteiger partial charge in [0.1, 0.15) is 6.10 Å². The number of benzene rings is 3. The lowest BCUT2D eigenvalue weighted by Crippen LogP contribution is -2.39. The van der Waals surface area contributed by atoms with Gasteiger partial charge in [-0.25, -0.2) is 9.59 Å². The van der Waals surface area contributed by atoms with E-state index in [4.69, 9.17) is 13.7 Å². The molecule has 0 heterocycles. The molecular weight excluding hydrogens is 494 g/mol. The van der Waals surface area contributed by atoms with E-state index in [0.717, 1.165) is 11.8 Å². The van der Waals surface area contributed by atoms with Crippen molar-refractivity contribution in [3.8, 4) is 11.5 Å². The zero-order valence-corrected chi connectivity index (χ0v) is 22.3. The number of carbonyl (C=O) groups excluding carboxylic acids is 2. The molecule has 1 atom stereocenters. The molecule has 1 N–H and O–H groups in total. The molecule has 3 rings (SSSR count). The molecule has 0 saturated carbocycles. The van der Waals surface area contributed by atoms with Crippen molar-refractivity contribution in [1.29, 1.82) is 0 Å². The highest BCUT2D eigenvalue weighted by atomic mass is 32.2. The van der Waals surface area contributed by atoms with E-state index >= 15 is 0 Å². The summed E-state index contributed by atoms with van der Waals surface area (Å²) in [6, 6.07) is 19.6. The van der Waals surface area contributed by atoms with Crippen LogP contribution in [0.1, 0.15) is 58.7 Å². The van der Waals surface area contributed by atoms with E-state index in [0.29, 0.717) is 16.7 Å². The molecule has 0 radical (unpaired) electrons. The predicted octanol–water partition coefficient (Wildman–Crippen LogP) is 4.84. The second-order valence-electron chi connectivity index (χ2n) is 9.64. The van der Waals surface area contributed by atoms with Gasteiger partial charge >= 0.3 is 11.9 Å². The van der Waals surface area contributed by atoms with Gasteiger partial charge in [0.2, 0.25) is 0 Å². The van der Waals surface area contributed by atoms with Gasteiger partial charge in [0, 0.05) is 12.1 Å². The van der Waals surface area contributed by atoms with Crippen molar-refractivity contribution in [3.63, 3.8) is 0 Å². The van der Waals surface area contributed by atoms with Gasteiger partial charge in [-0.1, -0.05) is 42.0 Å². The summed E-state index contributed by atoms with van der Waals surface area (Å²) in [4.78, 5) is 25.6. The van der Waals surface area contributed by atoms with Gasteiger partial charge in [0.25, 0.3) is 10.1 Å². The van der Waals surface area contributed by atoms with Crippen molar-refractivity contribution >= 4 is 22.1 Å². The third kappa shape index (κ3) is 8.82. The Kier molecular flexibility index (Phi) is 8.85. The average molecular weight is 526 g/mol.